The van der Waals surface area contributed by atoms with Crippen molar-refractivity contribution in [2.75, 3.05) is 0 Å². The predicted molar refractivity (Wildman–Crippen MR) is 124 cm³/mol. The van der Waals surface area contributed by atoms with Gasteiger partial charge in [-0.1, -0.05) is 60.3 Å². The molecule has 0 amide bonds. The van der Waals surface area contributed by atoms with Gasteiger partial charge in [0, 0.05) is 11.5 Å². The molecule has 0 aliphatic carbocycles. The van der Waals surface area contributed by atoms with E-state index in [4.69, 9.17) is 0 Å². The summed E-state index contributed by atoms with van der Waals surface area (Å²) in [7, 11) is 0. The van der Waals surface area contributed by atoms with E-state index in [2.05, 4.69) is 9.98 Å². The van der Waals surface area contributed by atoms with E-state index >= 15 is 0 Å². The van der Waals surface area contributed by atoms with Crippen LogP contribution in [0.1, 0.15) is 36.1 Å². The van der Waals surface area contributed by atoms with Gasteiger partial charge >= 0.3 is 12.4 Å². The van der Waals surface area contributed by atoms with Crippen molar-refractivity contribution < 1.29 is 26.3 Å². The molecule has 0 atom stereocenters. The van der Waals surface area contributed by atoms with Crippen molar-refractivity contribution in [3.63, 3.8) is 0 Å². The lowest BCUT2D eigenvalue weighted by atomic mass is 10.1. The van der Waals surface area contributed by atoms with Crippen LogP contribution in [0, 0.1) is 0 Å². The third-order valence-electron chi connectivity index (χ3n) is 4.84. The predicted octanol–water partition coefficient (Wildman–Crippen LogP) is 7.61. The summed E-state index contributed by atoms with van der Waals surface area (Å²) >= 11 is 2.58. The minimum Gasteiger partial charge on any atom is -0.248 e. The molecule has 2 aromatic rings. The van der Waals surface area contributed by atoms with E-state index in [9.17, 15) is 26.3 Å². The van der Waals surface area contributed by atoms with E-state index in [1.54, 1.807) is 36.4 Å². The second-order valence-corrected chi connectivity index (χ2v) is 9.98. The molecule has 0 bridgehead atoms. The standard InChI is InChI=1S/C23H22F6N2S2/c1-21(2)19(32-13-17-9-5-3-7-15(17)11-22(24,25)26)30-20(31-21)33-14-18-10-6-4-8-16(18)12-23(27,28)29/h3-10H,11-14H2,1-2H3. The van der Waals surface area contributed by atoms with Crippen molar-refractivity contribution in [3.05, 3.63) is 70.8 Å². The molecular formula is C23H22F6N2S2. The molecule has 178 valence electrons. The Kier molecular flexibility index (Phi) is 7.88. The lowest BCUT2D eigenvalue weighted by Gasteiger charge is -2.17. The molecule has 2 aromatic carbocycles. The Balaban J connectivity index is 1.67. The molecule has 1 heterocycles. The Hall–Kier alpha value is -1.94. The van der Waals surface area contributed by atoms with E-state index < -0.39 is 30.7 Å². The maximum atomic E-state index is 12.9. The van der Waals surface area contributed by atoms with Crippen LogP contribution >= 0.6 is 23.5 Å². The fraction of sp³-hybridized carbons (Fsp3) is 0.391. The first-order chi connectivity index (χ1) is 15.3. The van der Waals surface area contributed by atoms with Gasteiger partial charge in [-0.15, -0.1) is 11.8 Å². The van der Waals surface area contributed by atoms with Gasteiger partial charge in [-0.25, -0.2) is 9.98 Å². The minimum atomic E-state index is -4.29. The molecule has 2 nitrogen and oxygen atoms in total. The Labute approximate surface area is 197 Å². The monoisotopic (exact) mass is 504 g/mol. The third kappa shape index (κ3) is 7.81. The van der Waals surface area contributed by atoms with E-state index in [1.165, 1.54) is 35.7 Å². The number of hydrogen-bond donors (Lipinski definition) is 0. The van der Waals surface area contributed by atoms with E-state index in [1.807, 2.05) is 13.8 Å². The zero-order chi connectivity index (χ0) is 24.3. The van der Waals surface area contributed by atoms with Crippen LogP contribution in [0.25, 0.3) is 0 Å². The van der Waals surface area contributed by atoms with Gasteiger partial charge in [0.15, 0.2) is 5.17 Å². The van der Waals surface area contributed by atoms with E-state index in [0.29, 0.717) is 27.1 Å². The molecule has 0 fully saturated rings. The summed E-state index contributed by atoms with van der Waals surface area (Å²) in [5.41, 5.74) is 0.941. The molecule has 1 aliphatic heterocycles. The fourth-order valence-corrected chi connectivity index (χ4v) is 5.47. The zero-order valence-electron chi connectivity index (χ0n) is 17.9. The summed E-state index contributed by atoms with van der Waals surface area (Å²) < 4.78 is 77.1. The van der Waals surface area contributed by atoms with Gasteiger partial charge in [0.25, 0.3) is 0 Å². The first kappa shape index (κ1) is 25.7. The van der Waals surface area contributed by atoms with Crippen LogP contribution in [-0.2, 0) is 24.3 Å². The maximum Gasteiger partial charge on any atom is 0.393 e. The molecule has 10 heteroatoms. The number of hydrogen-bond acceptors (Lipinski definition) is 4. The highest BCUT2D eigenvalue weighted by Gasteiger charge is 2.33. The molecule has 0 spiro atoms. The molecular weight excluding hydrogens is 482 g/mol. The molecule has 0 radical (unpaired) electrons. The molecule has 0 saturated heterocycles. The zero-order valence-corrected chi connectivity index (χ0v) is 19.6. The Morgan fingerprint density at radius 3 is 1.58 bits per heavy atom. The number of amidine groups is 1. The van der Waals surface area contributed by atoms with Gasteiger partial charge in [-0.2, -0.15) is 26.3 Å². The first-order valence-corrected chi connectivity index (χ1v) is 12.0. The van der Waals surface area contributed by atoms with Crippen molar-refractivity contribution in [1.29, 1.82) is 0 Å². The molecule has 1 aliphatic rings. The van der Waals surface area contributed by atoms with Gasteiger partial charge in [-0.05, 0) is 36.1 Å². The normalized spacial score (nSPS) is 16.0. The van der Waals surface area contributed by atoms with Crippen LogP contribution in [0.3, 0.4) is 0 Å². The molecule has 3 rings (SSSR count). The highest BCUT2D eigenvalue weighted by molar-refractivity contribution is 8.15. The lowest BCUT2D eigenvalue weighted by molar-refractivity contribution is -0.128. The van der Waals surface area contributed by atoms with Crippen LogP contribution in [-0.4, -0.2) is 28.1 Å². The number of alkyl halides is 6. The Morgan fingerprint density at radius 2 is 1.12 bits per heavy atom. The van der Waals surface area contributed by atoms with Crippen LogP contribution in [0.4, 0.5) is 26.3 Å². The van der Waals surface area contributed by atoms with Crippen LogP contribution in [0.5, 0.6) is 0 Å². The number of halogens is 6. The average Bonchev–Trinajstić information content (AvgIpc) is 2.98. The number of nitrogens with zero attached hydrogens (tertiary/aromatic N) is 2. The highest BCUT2D eigenvalue weighted by atomic mass is 32.2. The van der Waals surface area contributed by atoms with E-state index in [0.717, 1.165) is 0 Å². The molecule has 0 unspecified atom stereocenters. The van der Waals surface area contributed by atoms with Crippen LogP contribution in [0.15, 0.2) is 58.5 Å². The number of rotatable bonds is 6. The second kappa shape index (κ2) is 10.1. The van der Waals surface area contributed by atoms with Gasteiger partial charge in [-0.3, -0.25) is 0 Å². The fourth-order valence-electron chi connectivity index (χ4n) is 3.27. The average molecular weight is 505 g/mol. The van der Waals surface area contributed by atoms with Crippen molar-refractivity contribution in [3.8, 4) is 0 Å². The van der Waals surface area contributed by atoms with E-state index in [-0.39, 0.29) is 16.9 Å². The SMILES string of the molecule is CC1(C)N=C(SCc2ccccc2CC(F)(F)F)N=C1SCc1ccccc1CC(F)(F)F. The molecule has 0 saturated carbocycles. The number of benzene rings is 2. The highest BCUT2D eigenvalue weighted by Crippen LogP contribution is 2.34. The summed E-state index contributed by atoms with van der Waals surface area (Å²) in [5, 5.41) is 1.11. The van der Waals surface area contributed by atoms with Crippen LogP contribution in [0.2, 0.25) is 0 Å². The van der Waals surface area contributed by atoms with Gasteiger partial charge in [0.1, 0.15) is 10.6 Å². The van der Waals surface area contributed by atoms with Crippen molar-refractivity contribution in [2.24, 2.45) is 9.98 Å². The third-order valence-corrected chi connectivity index (χ3v) is 7.05. The largest absolute Gasteiger partial charge is 0.393 e. The number of thioether (sulfide) groups is 2. The molecule has 0 aromatic heterocycles. The smallest absolute Gasteiger partial charge is 0.248 e. The Bertz CT molecular complexity index is 1040. The minimum absolute atomic E-state index is 0.218. The summed E-state index contributed by atoms with van der Waals surface area (Å²) in [4.78, 5) is 9.10. The topological polar surface area (TPSA) is 24.7 Å². The summed E-state index contributed by atoms with van der Waals surface area (Å²) in [6.07, 6.45) is -10.6. The van der Waals surface area contributed by atoms with Crippen molar-refractivity contribution in [2.45, 2.75) is 56.1 Å². The Morgan fingerprint density at radius 1 is 0.697 bits per heavy atom. The van der Waals surface area contributed by atoms with Crippen molar-refractivity contribution >= 4 is 33.7 Å². The molecule has 0 N–H and O–H groups in total. The van der Waals surface area contributed by atoms with Gasteiger partial charge < -0.3 is 0 Å². The quantitative estimate of drug-likeness (QED) is 0.378. The molecule has 33 heavy (non-hydrogen) atoms. The van der Waals surface area contributed by atoms with Crippen LogP contribution < -0.4 is 0 Å². The lowest BCUT2D eigenvalue weighted by Crippen LogP contribution is -2.23. The van der Waals surface area contributed by atoms with Crippen molar-refractivity contribution in [1.82, 2.24) is 0 Å². The van der Waals surface area contributed by atoms with Gasteiger partial charge in [0.2, 0.25) is 0 Å². The summed E-state index contributed by atoms with van der Waals surface area (Å²) in [6.45, 7) is 3.71. The van der Waals surface area contributed by atoms with Gasteiger partial charge in [0.05, 0.1) is 12.8 Å². The first-order valence-electron chi connectivity index (χ1n) is 10.0. The maximum absolute atomic E-state index is 12.9. The summed E-state index contributed by atoms with van der Waals surface area (Å²) in [5.74, 6) is 0.605. The number of aliphatic imine (C=N–C) groups is 2. The summed E-state index contributed by atoms with van der Waals surface area (Å²) in [6, 6.07) is 12.8. The second-order valence-electron chi connectivity index (χ2n) is 8.07.